The molecular weight excluding hydrogens is 445 g/mol. The molecule has 2 rings (SSSR count). The zero-order chi connectivity index (χ0) is 23.2. The third-order valence-electron chi connectivity index (χ3n) is 4.26. The van der Waals surface area contributed by atoms with Gasteiger partial charge in [-0.3, -0.25) is 14.9 Å². The number of nitrogens with one attached hydrogen (secondary N) is 1. The summed E-state index contributed by atoms with van der Waals surface area (Å²) in [5.74, 6) is -0.853. The monoisotopic (exact) mass is 458 g/mol. The number of rotatable bonds is 4. The molecule has 1 heterocycles. The Balaban J connectivity index is 2.48. The minimum atomic E-state index is -6.26. The van der Waals surface area contributed by atoms with Crippen molar-refractivity contribution in [2.45, 2.75) is 38.8 Å². The fourth-order valence-electron chi connectivity index (χ4n) is 2.79. The minimum Gasteiger partial charge on any atom is -0.321 e. The first-order valence-corrected chi connectivity index (χ1v) is 8.82. The summed E-state index contributed by atoms with van der Waals surface area (Å²) in [6.07, 6.45) is -12.5. The van der Waals surface area contributed by atoms with Crippen molar-refractivity contribution in [3.05, 3.63) is 54.8 Å². The van der Waals surface area contributed by atoms with Crippen molar-refractivity contribution in [3.63, 3.8) is 0 Å². The largest absolute Gasteiger partial charge is 0.435 e. The summed E-state index contributed by atoms with van der Waals surface area (Å²) < 4.78 is 92.1. The molecule has 0 radical (unpaired) electrons. The topological polar surface area (TPSA) is 72.2 Å². The quantitative estimate of drug-likeness (QED) is 0.341. The molecule has 164 valence electrons. The summed E-state index contributed by atoms with van der Waals surface area (Å²) in [7, 11) is 0. The van der Waals surface area contributed by atoms with Crippen LogP contribution in [0.4, 0.5) is 42.1 Å². The molecule has 0 aliphatic carbocycles. The number of hydrogen-bond donors (Lipinski definition) is 1. The Morgan fingerprint density at radius 1 is 0.967 bits per heavy atom. The van der Waals surface area contributed by atoms with Crippen molar-refractivity contribution in [1.29, 1.82) is 0 Å². The third kappa shape index (κ3) is 3.98. The number of carbonyl (C=O) groups is 1. The van der Waals surface area contributed by atoms with Crippen LogP contribution >= 0.6 is 11.3 Å². The lowest BCUT2D eigenvalue weighted by Crippen LogP contribution is -2.50. The molecule has 0 aliphatic rings. The van der Waals surface area contributed by atoms with Crippen LogP contribution in [0.5, 0.6) is 0 Å². The molecule has 1 N–H and O–H groups in total. The molecule has 1 amide bonds. The van der Waals surface area contributed by atoms with Crippen LogP contribution in [0.1, 0.15) is 31.2 Å². The molecule has 0 aliphatic heterocycles. The number of thiophene rings is 1. The second kappa shape index (κ2) is 7.52. The number of carbonyl (C=O) groups excluding carboxylic acids is 1. The number of hydrogen-bond acceptors (Lipinski definition) is 4. The van der Waals surface area contributed by atoms with Crippen molar-refractivity contribution < 1.29 is 40.5 Å². The molecule has 1 aromatic carbocycles. The Bertz CT molecular complexity index is 975. The fraction of sp³-hybridized carbons (Fsp3) is 0.353. The van der Waals surface area contributed by atoms with Gasteiger partial charge < -0.3 is 5.32 Å². The summed E-state index contributed by atoms with van der Waals surface area (Å²) in [4.78, 5) is 22.7. The van der Waals surface area contributed by atoms with E-state index in [9.17, 15) is 45.6 Å². The number of nitro groups is 1. The summed E-state index contributed by atoms with van der Waals surface area (Å²) in [6, 6.07) is 1.70. The lowest BCUT2D eigenvalue weighted by atomic mass is 9.90. The predicted molar refractivity (Wildman–Crippen MR) is 94.5 cm³/mol. The van der Waals surface area contributed by atoms with E-state index in [0.29, 0.717) is 12.1 Å². The van der Waals surface area contributed by atoms with E-state index in [1.54, 1.807) is 0 Å². The van der Waals surface area contributed by atoms with Crippen LogP contribution in [0, 0.1) is 30.9 Å². The maximum absolute atomic E-state index is 14.3. The Hall–Kier alpha value is -2.70. The van der Waals surface area contributed by atoms with Gasteiger partial charge in [-0.1, -0.05) is 12.1 Å². The molecule has 0 atom stereocenters. The Morgan fingerprint density at radius 3 is 1.80 bits per heavy atom. The molecule has 0 fully saturated rings. The van der Waals surface area contributed by atoms with Gasteiger partial charge in [-0.25, -0.2) is 4.39 Å². The van der Waals surface area contributed by atoms with Crippen molar-refractivity contribution in [2.75, 3.05) is 5.32 Å². The van der Waals surface area contributed by atoms with Gasteiger partial charge in [0.15, 0.2) is 0 Å². The van der Waals surface area contributed by atoms with Crippen LogP contribution in [0.25, 0.3) is 0 Å². The minimum absolute atomic E-state index is 0.0903. The van der Waals surface area contributed by atoms with Gasteiger partial charge in [-0.05, 0) is 31.9 Å². The summed E-state index contributed by atoms with van der Waals surface area (Å²) in [6.45, 7) is 3.60. The van der Waals surface area contributed by atoms with E-state index in [1.165, 1.54) is 6.92 Å². The van der Waals surface area contributed by atoms with E-state index >= 15 is 0 Å². The lowest BCUT2D eigenvalue weighted by Gasteiger charge is -2.31. The SMILES string of the molecule is Cc1cc(C(F)(C(F)(F)F)C(F)(F)F)cc(C)c1NC(=O)c1cc([N+](=O)[O-])c(C)s1. The molecule has 5 nitrogen and oxygen atoms in total. The summed E-state index contributed by atoms with van der Waals surface area (Å²) in [5, 5.41) is 13.2. The predicted octanol–water partition coefficient (Wildman–Crippen LogP) is 6.12. The summed E-state index contributed by atoms with van der Waals surface area (Å²) >= 11 is 0.785. The van der Waals surface area contributed by atoms with Crippen molar-refractivity contribution >= 4 is 28.6 Å². The number of amides is 1. The van der Waals surface area contributed by atoms with E-state index < -0.39 is 34.4 Å². The van der Waals surface area contributed by atoms with Crippen LogP contribution in [-0.4, -0.2) is 23.2 Å². The summed E-state index contributed by atoms with van der Waals surface area (Å²) in [5.41, 5.74) is -8.22. The molecule has 2 aromatic rings. The van der Waals surface area contributed by atoms with Crippen LogP contribution in [0.3, 0.4) is 0 Å². The maximum Gasteiger partial charge on any atom is 0.435 e. The third-order valence-corrected chi connectivity index (χ3v) is 5.30. The zero-order valence-corrected chi connectivity index (χ0v) is 16.3. The van der Waals surface area contributed by atoms with Crippen LogP contribution in [-0.2, 0) is 5.67 Å². The van der Waals surface area contributed by atoms with Crippen LogP contribution < -0.4 is 5.32 Å². The van der Waals surface area contributed by atoms with Crippen molar-refractivity contribution in [2.24, 2.45) is 0 Å². The fourth-order valence-corrected chi connectivity index (χ4v) is 3.67. The number of benzene rings is 1. The van der Waals surface area contributed by atoms with Crippen LogP contribution in [0.15, 0.2) is 18.2 Å². The second-order valence-corrected chi connectivity index (χ2v) is 7.66. The highest BCUT2D eigenvalue weighted by Crippen LogP contribution is 2.53. The number of alkyl halides is 7. The molecule has 0 bridgehead atoms. The van der Waals surface area contributed by atoms with E-state index in [2.05, 4.69) is 5.32 Å². The highest BCUT2D eigenvalue weighted by molar-refractivity contribution is 7.14. The van der Waals surface area contributed by atoms with E-state index in [4.69, 9.17) is 0 Å². The molecule has 0 saturated heterocycles. The number of nitrogens with zero attached hydrogens (tertiary/aromatic N) is 1. The van der Waals surface area contributed by atoms with E-state index in [0.717, 1.165) is 31.3 Å². The first-order valence-electron chi connectivity index (χ1n) is 8.01. The number of aryl methyl sites for hydroxylation is 3. The highest BCUT2D eigenvalue weighted by Gasteiger charge is 2.73. The Labute approximate surface area is 168 Å². The first kappa shape index (κ1) is 23.6. The highest BCUT2D eigenvalue weighted by atomic mass is 32.1. The molecule has 13 heteroatoms. The van der Waals surface area contributed by atoms with E-state index in [1.807, 2.05) is 0 Å². The average Bonchev–Trinajstić information content (AvgIpc) is 2.97. The molecule has 0 unspecified atom stereocenters. The normalized spacial score (nSPS) is 12.7. The number of anilines is 1. The van der Waals surface area contributed by atoms with Gasteiger partial charge >= 0.3 is 18.0 Å². The molecule has 1 aromatic heterocycles. The van der Waals surface area contributed by atoms with Crippen molar-refractivity contribution in [3.8, 4) is 0 Å². The van der Waals surface area contributed by atoms with Gasteiger partial charge in [0.05, 0.1) is 14.7 Å². The molecule has 30 heavy (non-hydrogen) atoms. The van der Waals surface area contributed by atoms with E-state index in [-0.39, 0.29) is 32.3 Å². The van der Waals surface area contributed by atoms with Gasteiger partial charge in [-0.2, -0.15) is 26.3 Å². The maximum atomic E-state index is 14.3. The molecule has 0 spiro atoms. The smallest absolute Gasteiger partial charge is 0.321 e. The molecule has 0 saturated carbocycles. The average molecular weight is 458 g/mol. The second-order valence-electron chi connectivity index (χ2n) is 6.40. The Kier molecular flexibility index (Phi) is 5.91. The van der Waals surface area contributed by atoms with Gasteiger partial charge in [-0.15, -0.1) is 11.3 Å². The standard InChI is InChI=1S/C17H13F7N2O3S/c1-7-4-10(15(18,16(19,20)21)17(22,23)24)5-8(2)13(7)25-14(27)12-6-11(26(28)29)9(3)30-12/h4-6H,1-3H3,(H,25,27). The van der Waals surface area contributed by atoms with Gasteiger partial charge in [0.2, 0.25) is 0 Å². The Morgan fingerprint density at radius 2 is 1.43 bits per heavy atom. The van der Waals surface area contributed by atoms with Gasteiger partial charge in [0.25, 0.3) is 11.6 Å². The number of halogens is 7. The molecular formula is C17H13F7N2O3S. The van der Waals surface area contributed by atoms with Gasteiger partial charge in [0, 0.05) is 17.3 Å². The zero-order valence-electron chi connectivity index (χ0n) is 15.5. The first-order chi connectivity index (χ1) is 13.5. The van der Waals surface area contributed by atoms with Crippen LogP contribution in [0.2, 0.25) is 0 Å². The van der Waals surface area contributed by atoms with Gasteiger partial charge in [0.1, 0.15) is 0 Å². The lowest BCUT2D eigenvalue weighted by molar-refractivity contribution is -0.385. The van der Waals surface area contributed by atoms with Crippen molar-refractivity contribution in [1.82, 2.24) is 0 Å².